The number of rotatable bonds is 8. The summed E-state index contributed by atoms with van der Waals surface area (Å²) in [5.41, 5.74) is 0.859. The zero-order valence-electron chi connectivity index (χ0n) is 16.9. The number of benzene rings is 1. The lowest BCUT2D eigenvalue weighted by Crippen LogP contribution is -2.39. The smallest absolute Gasteiger partial charge is 0.235 e. The van der Waals surface area contributed by atoms with E-state index < -0.39 is 0 Å². The van der Waals surface area contributed by atoms with Crippen molar-refractivity contribution < 1.29 is 14.3 Å². The van der Waals surface area contributed by atoms with Crippen LogP contribution >= 0.6 is 23.8 Å². The highest BCUT2D eigenvalue weighted by Crippen LogP contribution is 2.26. The number of hydrogen-bond acceptors (Lipinski definition) is 6. The Morgan fingerprint density at radius 3 is 2.14 bits per heavy atom. The first-order valence-corrected chi connectivity index (χ1v) is 10.1. The van der Waals surface area contributed by atoms with Gasteiger partial charge in [0.2, 0.25) is 23.6 Å². The van der Waals surface area contributed by atoms with E-state index >= 15 is 0 Å². The first-order chi connectivity index (χ1) is 13.8. The second-order valence-corrected chi connectivity index (χ2v) is 7.30. The van der Waals surface area contributed by atoms with Crippen molar-refractivity contribution >= 4 is 40.8 Å². The van der Waals surface area contributed by atoms with E-state index in [1.807, 2.05) is 39.8 Å². The highest BCUT2D eigenvalue weighted by Gasteiger charge is 2.25. The molecule has 2 N–H and O–H groups in total. The fraction of sp³-hybridized carbons (Fsp3) is 0.400. The van der Waals surface area contributed by atoms with Crippen molar-refractivity contribution in [3.8, 4) is 11.8 Å². The van der Waals surface area contributed by atoms with E-state index in [2.05, 4.69) is 20.6 Å². The predicted molar refractivity (Wildman–Crippen MR) is 118 cm³/mol. The van der Waals surface area contributed by atoms with Crippen molar-refractivity contribution in [2.75, 3.05) is 18.5 Å². The third-order valence-corrected chi connectivity index (χ3v) is 4.36. The molecule has 0 unspecified atom stereocenters. The molecular weight excluding hydrogens is 412 g/mol. The van der Waals surface area contributed by atoms with Crippen LogP contribution in [-0.4, -0.2) is 34.2 Å². The van der Waals surface area contributed by atoms with Crippen molar-refractivity contribution in [3.63, 3.8) is 0 Å². The van der Waals surface area contributed by atoms with E-state index in [1.54, 1.807) is 18.2 Å². The summed E-state index contributed by atoms with van der Waals surface area (Å²) in [6, 6.07) is 8.80. The van der Waals surface area contributed by atoms with Gasteiger partial charge in [-0.1, -0.05) is 37.6 Å². The van der Waals surface area contributed by atoms with Crippen LogP contribution in [0, 0.1) is 5.92 Å². The van der Waals surface area contributed by atoms with E-state index in [1.165, 1.54) is 0 Å². The van der Waals surface area contributed by atoms with Gasteiger partial charge in [0.1, 0.15) is 0 Å². The minimum Gasteiger partial charge on any atom is -0.478 e. The van der Waals surface area contributed by atoms with Crippen LogP contribution in [0.1, 0.15) is 39.2 Å². The molecule has 0 bridgehead atoms. The molecule has 156 valence electrons. The molecule has 0 radical (unpaired) electrons. The molecule has 7 nitrogen and oxygen atoms in total. The summed E-state index contributed by atoms with van der Waals surface area (Å²) in [4.78, 5) is 21.3. The van der Waals surface area contributed by atoms with E-state index in [-0.39, 0.29) is 28.8 Å². The van der Waals surface area contributed by atoms with Gasteiger partial charge in [-0.25, -0.2) is 0 Å². The van der Waals surface area contributed by atoms with Crippen LogP contribution in [0.5, 0.6) is 11.8 Å². The maximum atomic E-state index is 12.8. The number of amides is 1. The Hall–Kier alpha value is -2.45. The largest absolute Gasteiger partial charge is 0.478 e. The monoisotopic (exact) mass is 436 g/mol. The van der Waals surface area contributed by atoms with Gasteiger partial charge < -0.3 is 20.1 Å². The van der Waals surface area contributed by atoms with Gasteiger partial charge in [0, 0.05) is 5.02 Å². The molecule has 1 amide bonds. The standard InChI is InChI=1S/C20H25ClN4O3S/c1-5-27-15-11-16(28-6-2)23-19(22-15)25-20(29)24-18(26)17(12(3)4)13-7-9-14(21)10-8-13/h7-12,17H,5-6H2,1-4H3,(H2,22,23,24,25,26,29)/t17-/m0/s1. The quantitative estimate of drug-likeness (QED) is 0.600. The van der Waals surface area contributed by atoms with Gasteiger partial charge in [0.25, 0.3) is 0 Å². The number of carbonyl (C=O) groups excluding carboxylic acids is 1. The molecule has 9 heteroatoms. The van der Waals surface area contributed by atoms with Crippen LogP contribution in [0.4, 0.5) is 5.95 Å². The van der Waals surface area contributed by atoms with E-state index in [9.17, 15) is 4.79 Å². The second kappa shape index (κ2) is 10.9. The number of aromatic nitrogens is 2. The Morgan fingerprint density at radius 2 is 1.66 bits per heavy atom. The van der Waals surface area contributed by atoms with Crippen molar-refractivity contribution in [2.45, 2.75) is 33.6 Å². The minimum atomic E-state index is -0.387. The Balaban J connectivity index is 2.12. The van der Waals surface area contributed by atoms with Crippen molar-refractivity contribution in [1.82, 2.24) is 15.3 Å². The average molecular weight is 437 g/mol. The maximum Gasteiger partial charge on any atom is 0.235 e. The molecule has 29 heavy (non-hydrogen) atoms. The summed E-state index contributed by atoms with van der Waals surface area (Å²) in [5, 5.41) is 6.24. The summed E-state index contributed by atoms with van der Waals surface area (Å²) in [6.07, 6.45) is 0. The number of nitrogens with one attached hydrogen (secondary N) is 2. The fourth-order valence-corrected chi connectivity index (χ4v) is 3.05. The highest BCUT2D eigenvalue weighted by atomic mass is 35.5. The van der Waals surface area contributed by atoms with Crippen LogP contribution in [0.2, 0.25) is 5.02 Å². The van der Waals surface area contributed by atoms with E-state index in [4.69, 9.17) is 33.3 Å². The molecule has 0 spiro atoms. The van der Waals surface area contributed by atoms with E-state index in [0.29, 0.717) is 30.0 Å². The molecule has 1 atom stereocenters. The normalized spacial score (nSPS) is 11.7. The van der Waals surface area contributed by atoms with E-state index in [0.717, 1.165) is 5.56 Å². The maximum absolute atomic E-state index is 12.8. The third-order valence-electron chi connectivity index (χ3n) is 3.90. The number of carbonyl (C=O) groups is 1. The van der Waals surface area contributed by atoms with Crippen LogP contribution in [0.15, 0.2) is 30.3 Å². The summed E-state index contributed by atoms with van der Waals surface area (Å²) >= 11 is 11.2. The zero-order valence-corrected chi connectivity index (χ0v) is 18.4. The number of anilines is 1. The molecule has 0 fully saturated rings. The van der Waals surface area contributed by atoms with Gasteiger partial charge in [-0.2, -0.15) is 9.97 Å². The highest BCUT2D eigenvalue weighted by molar-refractivity contribution is 7.80. The molecular formula is C20H25ClN4O3S. The van der Waals surface area contributed by atoms with Gasteiger partial charge in [-0.15, -0.1) is 0 Å². The molecule has 1 aromatic heterocycles. The minimum absolute atomic E-state index is 0.0565. The number of ether oxygens (including phenoxy) is 2. The zero-order chi connectivity index (χ0) is 21.4. The molecule has 1 heterocycles. The topological polar surface area (TPSA) is 85.4 Å². The van der Waals surface area contributed by atoms with Gasteiger partial charge in [-0.05, 0) is 49.7 Å². The number of nitrogens with zero attached hydrogens (tertiary/aromatic N) is 2. The van der Waals surface area contributed by atoms with Crippen molar-refractivity contribution in [2.24, 2.45) is 5.92 Å². The molecule has 0 aliphatic heterocycles. The second-order valence-electron chi connectivity index (χ2n) is 6.45. The lowest BCUT2D eigenvalue weighted by Gasteiger charge is -2.21. The molecule has 0 saturated heterocycles. The molecule has 0 aliphatic carbocycles. The predicted octanol–water partition coefficient (Wildman–Crippen LogP) is 4.18. The fourth-order valence-electron chi connectivity index (χ4n) is 2.74. The average Bonchev–Trinajstić information content (AvgIpc) is 2.63. The van der Waals surface area contributed by atoms with Gasteiger partial charge in [-0.3, -0.25) is 4.79 Å². The first-order valence-electron chi connectivity index (χ1n) is 9.36. The molecule has 1 aromatic carbocycles. The van der Waals surface area contributed by atoms with Gasteiger partial charge in [0.05, 0.1) is 25.2 Å². The van der Waals surface area contributed by atoms with Crippen molar-refractivity contribution in [1.29, 1.82) is 0 Å². The van der Waals surface area contributed by atoms with Crippen LogP contribution in [-0.2, 0) is 4.79 Å². The summed E-state index contributed by atoms with van der Waals surface area (Å²) in [6.45, 7) is 8.53. The first kappa shape index (κ1) is 22.8. The molecule has 0 aliphatic rings. The SMILES string of the molecule is CCOc1cc(OCC)nc(NC(=S)NC(=O)[C@H](c2ccc(Cl)cc2)C(C)C)n1. The van der Waals surface area contributed by atoms with Crippen LogP contribution in [0.25, 0.3) is 0 Å². The Kier molecular flexibility index (Phi) is 8.60. The number of thiocarbonyl (C=S) groups is 1. The Labute approximate surface area is 181 Å². The lowest BCUT2D eigenvalue weighted by atomic mass is 9.88. The summed E-state index contributed by atoms with van der Waals surface area (Å²) < 4.78 is 10.8. The van der Waals surface area contributed by atoms with Crippen LogP contribution in [0.3, 0.4) is 0 Å². The Bertz CT molecular complexity index is 822. The van der Waals surface area contributed by atoms with Crippen LogP contribution < -0.4 is 20.1 Å². The molecule has 2 aromatic rings. The van der Waals surface area contributed by atoms with Crippen molar-refractivity contribution in [3.05, 3.63) is 40.9 Å². The summed E-state index contributed by atoms with van der Waals surface area (Å²) in [5.74, 6) is 0.318. The van der Waals surface area contributed by atoms with Gasteiger partial charge >= 0.3 is 0 Å². The Morgan fingerprint density at radius 1 is 1.10 bits per heavy atom. The number of halogens is 1. The summed E-state index contributed by atoms with van der Waals surface area (Å²) in [7, 11) is 0. The third kappa shape index (κ3) is 6.83. The molecule has 2 rings (SSSR count). The lowest BCUT2D eigenvalue weighted by molar-refractivity contribution is -0.122. The van der Waals surface area contributed by atoms with Gasteiger partial charge in [0.15, 0.2) is 5.11 Å². The number of hydrogen-bond donors (Lipinski definition) is 2. The molecule has 0 saturated carbocycles.